The number of fused-ring (bicyclic) bond motifs is 4. The van der Waals surface area contributed by atoms with Crippen molar-refractivity contribution in [2.45, 2.75) is 209 Å². The van der Waals surface area contributed by atoms with E-state index in [1.54, 1.807) is 0 Å². The maximum absolute atomic E-state index is 2.47. The quantitative estimate of drug-likeness (QED) is 0.165. The lowest BCUT2D eigenvalue weighted by Crippen LogP contribution is -2.25. The molecule has 0 aliphatic heterocycles. The lowest BCUT2D eigenvalue weighted by molar-refractivity contribution is 0.568. The molecule has 0 saturated heterocycles. The van der Waals surface area contributed by atoms with Gasteiger partial charge in [0, 0.05) is 0 Å². The van der Waals surface area contributed by atoms with Crippen molar-refractivity contribution in [1.29, 1.82) is 0 Å². The van der Waals surface area contributed by atoms with Crippen molar-refractivity contribution in [3.63, 3.8) is 0 Å². The van der Waals surface area contributed by atoms with Gasteiger partial charge in [0.15, 0.2) is 0 Å². The van der Waals surface area contributed by atoms with E-state index in [2.05, 4.69) is 263 Å². The number of hydrogen-bond acceptors (Lipinski definition) is 0. The molecule has 0 saturated carbocycles. The first-order valence-corrected chi connectivity index (χ1v) is 25.8. The van der Waals surface area contributed by atoms with Crippen molar-refractivity contribution in [2.75, 3.05) is 0 Å². The summed E-state index contributed by atoms with van der Waals surface area (Å²) in [6.07, 6.45) is 0. The van der Waals surface area contributed by atoms with E-state index in [0.29, 0.717) is 0 Å². The fraction of sp³-hybridized carbons (Fsp3) is 0.471. The van der Waals surface area contributed by atoms with Crippen LogP contribution in [0.15, 0.2) is 97.1 Å². The average Bonchev–Trinajstić information content (AvgIpc) is 3.18. The lowest BCUT2D eigenvalue weighted by atomic mass is 9.60. The van der Waals surface area contributed by atoms with Crippen LogP contribution < -0.4 is 0 Å². The molecular formula is C68H88. The third-order valence-electron chi connectivity index (χ3n) is 14.7. The summed E-state index contributed by atoms with van der Waals surface area (Å²) in [5.74, 6) is 0. The predicted molar refractivity (Wildman–Crippen MR) is 302 cm³/mol. The van der Waals surface area contributed by atoms with Crippen molar-refractivity contribution in [2.24, 2.45) is 0 Å². The second-order valence-electron chi connectivity index (χ2n) is 28.7. The van der Waals surface area contributed by atoms with Gasteiger partial charge in [-0.05, 0) is 155 Å². The van der Waals surface area contributed by atoms with Gasteiger partial charge >= 0.3 is 0 Å². The Morgan fingerprint density at radius 2 is 0.309 bits per heavy atom. The fourth-order valence-corrected chi connectivity index (χ4v) is 11.4. The Morgan fingerprint density at radius 1 is 0.162 bits per heavy atom. The Morgan fingerprint density at radius 3 is 0.456 bits per heavy atom. The standard InChI is InChI=1S/C68H88/c1-61(2,3)43-33-27-34-44(62(4,5)6)53(43)57-51-41-31-25-26-32-42(41)52(51)58(54-45(63(7,8)9)35-28-36-46(54)64(10,11)12)60(56-49(67(19,20)21)39-30-40-50(56)68(22,23)24)59(57)55-47(65(13,14)15)37-29-38-48(55)66(16,17)18/h25-40H,1-24H3. The third kappa shape index (κ3) is 8.90. The van der Waals surface area contributed by atoms with E-state index >= 15 is 0 Å². The van der Waals surface area contributed by atoms with Crippen LogP contribution in [0.4, 0.5) is 0 Å². The minimum Gasteiger partial charge on any atom is -0.0616 e. The molecule has 6 aromatic carbocycles. The molecule has 0 spiro atoms. The van der Waals surface area contributed by atoms with Crippen molar-refractivity contribution < 1.29 is 0 Å². The van der Waals surface area contributed by atoms with E-state index in [1.807, 2.05) is 0 Å². The molecule has 1 aliphatic rings. The fourth-order valence-electron chi connectivity index (χ4n) is 11.4. The molecule has 6 aromatic rings. The maximum Gasteiger partial charge on any atom is -0.000719 e. The Hall–Kier alpha value is -4.68. The third-order valence-corrected chi connectivity index (χ3v) is 14.7. The average molecular weight is 905 g/mol. The van der Waals surface area contributed by atoms with Gasteiger partial charge < -0.3 is 0 Å². The molecule has 1 aliphatic carbocycles. The summed E-state index contributed by atoms with van der Waals surface area (Å²) < 4.78 is 0. The number of benzene rings is 6. The smallest absolute Gasteiger partial charge is 0.000719 e. The molecule has 7 rings (SSSR count). The molecule has 0 atom stereocenters. The van der Waals surface area contributed by atoms with Crippen molar-refractivity contribution in [3.8, 4) is 66.8 Å². The normalized spacial score (nSPS) is 13.9. The highest BCUT2D eigenvalue weighted by Crippen LogP contribution is 2.67. The molecule has 0 aromatic heterocycles. The van der Waals surface area contributed by atoms with Crippen molar-refractivity contribution in [3.05, 3.63) is 142 Å². The van der Waals surface area contributed by atoms with Crippen LogP contribution in [-0.2, 0) is 43.3 Å². The van der Waals surface area contributed by atoms with Gasteiger partial charge in [-0.2, -0.15) is 0 Å². The molecule has 0 unspecified atom stereocenters. The van der Waals surface area contributed by atoms with Gasteiger partial charge in [0.05, 0.1) is 0 Å². The molecule has 0 heteroatoms. The van der Waals surface area contributed by atoms with Gasteiger partial charge in [-0.15, -0.1) is 0 Å². The van der Waals surface area contributed by atoms with Crippen LogP contribution in [0.25, 0.3) is 66.8 Å². The Bertz CT molecular complexity index is 2590. The van der Waals surface area contributed by atoms with Crippen LogP contribution >= 0.6 is 0 Å². The molecule has 0 amide bonds. The molecule has 360 valence electrons. The van der Waals surface area contributed by atoms with E-state index in [9.17, 15) is 0 Å². The van der Waals surface area contributed by atoms with Gasteiger partial charge in [0.1, 0.15) is 0 Å². The second kappa shape index (κ2) is 16.5. The first-order chi connectivity index (χ1) is 30.9. The predicted octanol–water partition coefficient (Wildman–Crippen LogP) is 20.4. The first kappa shape index (κ1) is 51.2. The summed E-state index contributed by atoms with van der Waals surface area (Å²) in [5.41, 5.74) is 26.4. The zero-order valence-electron chi connectivity index (χ0n) is 47.2. The van der Waals surface area contributed by atoms with E-state index in [4.69, 9.17) is 0 Å². The first-order valence-electron chi connectivity index (χ1n) is 25.8. The van der Waals surface area contributed by atoms with Gasteiger partial charge in [-0.25, -0.2) is 0 Å². The minimum atomic E-state index is -0.182. The summed E-state index contributed by atoms with van der Waals surface area (Å²) in [5, 5.41) is 0. The molecule has 68 heavy (non-hydrogen) atoms. The Kier molecular flexibility index (Phi) is 12.4. The molecule has 0 fully saturated rings. The monoisotopic (exact) mass is 905 g/mol. The topological polar surface area (TPSA) is 0 Å². The molecule has 0 heterocycles. The van der Waals surface area contributed by atoms with E-state index < -0.39 is 0 Å². The van der Waals surface area contributed by atoms with Crippen LogP contribution in [-0.4, -0.2) is 0 Å². The van der Waals surface area contributed by atoms with E-state index in [1.165, 1.54) is 111 Å². The molecular weight excluding hydrogens is 817 g/mol. The van der Waals surface area contributed by atoms with Gasteiger partial charge in [-0.1, -0.05) is 263 Å². The molecule has 0 radical (unpaired) electrons. The second-order valence-corrected chi connectivity index (χ2v) is 28.7. The summed E-state index contributed by atoms with van der Waals surface area (Å²) in [6, 6.07) is 38.5. The zero-order valence-corrected chi connectivity index (χ0v) is 47.2. The highest BCUT2D eigenvalue weighted by atomic mass is 14.5. The molecule has 0 N–H and O–H groups in total. The van der Waals surface area contributed by atoms with Crippen LogP contribution in [0.2, 0.25) is 0 Å². The SMILES string of the molecule is CC(C)(C)c1cccc(C(C)(C)C)c1-c1c2c(c(-c3c(C(C)(C)C)cccc3C(C)(C)C)c(-c3c(C(C)(C)C)cccc3C(C)(C)C)c1-c1c(C(C)(C)C)cccc1C(C)(C)C)-c1ccccc1-2. The van der Waals surface area contributed by atoms with Crippen LogP contribution in [0.5, 0.6) is 0 Å². The van der Waals surface area contributed by atoms with Gasteiger partial charge in [0.25, 0.3) is 0 Å². The number of rotatable bonds is 4. The van der Waals surface area contributed by atoms with E-state index in [-0.39, 0.29) is 43.3 Å². The summed E-state index contributed by atoms with van der Waals surface area (Å²) in [7, 11) is 0. The highest BCUT2D eigenvalue weighted by molar-refractivity contribution is 6.24. The molecule has 0 nitrogen and oxygen atoms in total. The van der Waals surface area contributed by atoms with Crippen LogP contribution in [0, 0.1) is 0 Å². The Labute approximate surface area is 415 Å². The van der Waals surface area contributed by atoms with Crippen molar-refractivity contribution in [1.82, 2.24) is 0 Å². The lowest BCUT2D eigenvalue weighted by Gasteiger charge is -2.43. The Balaban J connectivity index is 2.09. The summed E-state index contributed by atoms with van der Waals surface area (Å²) in [4.78, 5) is 0. The van der Waals surface area contributed by atoms with Crippen LogP contribution in [0.3, 0.4) is 0 Å². The number of hydrogen-bond donors (Lipinski definition) is 0. The van der Waals surface area contributed by atoms with Crippen molar-refractivity contribution >= 4 is 0 Å². The van der Waals surface area contributed by atoms with Gasteiger partial charge in [-0.3, -0.25) is 0 Å². The van der Waals surface area contributed by atoms with E-state index in [0.717, 1.165) is 0 Å². The molecule has 0 bridgehead atoms. The maximum atomic E-state index is 2.47. The summed E-state index contributed by atoms with van der Waals surface area (Å²) in [6.45, 7) is 58.4. The zero-order chi connectivity index (χ0) is 50.9. The van der Waals surface area contributed by atoms with Crippen LogP contribution in [0.1, 0.15) is 211 Å². The minimum absolute atomic E-state index is 0.155. The summed E-state index contributed by atoms with van der Waals surface area (Å²) >= 11 is 0. The largest absolute Gasteiger partial charge is 0.0616 e. The highest BCUT2D eigenvalue weighted by Gasteiger charge is 2.44. The van der Waals surface area contributed by atoms with Gasteiger partial charge in [0.2, 0.25) is 0 Å².